The number of hydrogen-bond donors (Lipinski definition) is 7. The Hall–Kier alpha value is -4.65. The maximum Gasteiger partial charge on any atom is 0.408 e. The van der Waals surface area contributed by atoms with Gasteiger partial charge in [-0.05, 0) is 48.6 Å². The van der Waals surface area contributed by atoms with E-state index in [9.17, 15) is 24.3 Å². The molecule has 2 aromatic carbocycles. The summed E-state index contributed by atoms with van der Waals surface area (Å²) in [6.45, 7) is 8.10. The Morgan fingerprint density at radius 2 is 1.48 bits per heavy atom. The fourth-order valence-electron chi connectivity index (χ4n) is 4.96. The number of carbonyl (C=O) groups excluding carboxylic acids is 4. The first-order valence-electron chi connectivity index (χ1n) is 16.5. The molecule has 0 saturated carbocycles. The summed E-state index contributed by atoms with van der Waals surface area (Å²) in [4.78, 5) is 56.3. The minimum absolute atomic E-state index is 0.0106. The molecule has 264 valence electrons. The molecule has 0 aliphatic carbocycles. The van der Waals surface area contributed by atoms with Crippen molar-refractivity contribution in [1.82, 2.24) is 21.3 Å². The molecule has 9 N–H and O–H groups in total. The van der Waals surface area contributed by atoms with Gasteiger partial charge in [0.2, 0.25) is 17.7 Å². The minimum Gasteiger partial charge on any atom is -0.445 e. The van der Waals surface area contributed by atoms with Crippen molar-refractivity contribution in [3.63, 3.8) is 0 Å². The summed E-state index contributed by atoms with van der Waals surface area (Å²) >= 11 is 0. The van der Waals surface area contributed by atoms with Crippen molar-refractivity contribution in [2.75, 3.05) is 13.1 Å². The van der Waals surface area contributed by atoms with Gasteiger partial charge < -0.3 is 42.6 Å². The van der Waals surface area contributed by atoms with E-state index in [-0.39, 0.29) is 49.7 Å². The Kier molecular flexibility index (Phi) is 17.5. The number of aliphatic hydroxyl groups is 1. The monoisotopic (exact) mass is 667 g/mol. The third-order valence-corrected chi connectivity index (χ3v) is 7.50. The van der Waals surface area contributed by atoms with Gasteiger partial charge in [0.05, 0.1) is 18.6 Å². The highest BCUT2D eigenvalue weighted by Gasteiger charge is 2.32. The van der Waals surface area contributed by atoms with E-state index in [2.05, 4.69) is 26.3 Å². The topological polar surface area (TPSA) is 210 Å². The zero-order valence-corrected chi connectivity index (χ0v) is 28.5. The van der Waals surface area contributed by atoms with Gasteiger partial charge in [-0.3, -0.25) is 19.4 Å². The highest BCUT2D eigenvalue weighted by Crippen LogP contribution is 2.14. The Labute approximate surface area is 283 Å². The molecule has 0 aliphatic rings. The van der Waals surface area contributed by atoms with Gasteiger partial charge in [0.1, 0.15) is 18.7 Å². The molecule has 13 heteroatoms. The number of carbonyl (C=O) groups is 4. The van der Waals surface area contributed by atoms with E-state index in [1.165, 1.54) is 0 Å². The van der Waals surface area contributed by atoms with E-state index in [4.69, 9.17) is 16.2 Å². The Bertz CT molecular complexity index is 1300. The molecular formula is C35H53N7O6. The average Bonchev–Trinajstić information content (AvgIpc) is 3.04. The van der Waals surface area contributed by atoms with E-state index in [1.807, 2.05) is 62.4 Å². The van der Waals surface area contributed by atoms with Gasteiger partial charge in [-0.2, -0.15) is 0 Å². The second kappa shape index (κ2) is 21.3. The lowest BCUT2D eigenvalue weighted by Gasteiger charge is -2.30. The molecule has 0 unspecified atom stereocenters. The Morgan fingerprint density at radius 3 is 2.06 bits per heavy atom. The lowest BCUT2D eigenvalue weighted by Crippen LogP contribution is -2.58. The number of benzene rings is 2. The zero-order chi connectivity index (χ0) is 35.5. The van der Waals surface area contributed by atoms with E-state index in [0.717, 1.165) is 11.1 Å². The van der Waals surface area contributed by atoms with Crippen LogP contribution in [0, 0.1) is 11.8 Å². The smallest absolute Gasteiger partial charge is 0.408 e. The fraction of sp³-hybridized carbons (Fsp3) is 0.514. The molecule has 0 fully saturated rings. The van der Waals surface area contributed by atoms with Gasteiger partial charge in [-0.15, -0.1) is 0 Å². The number of nitrogens with two attached hydrogens (primary N) is 2. The van der Waals surface area contributed by atoms with Crippen LogP contribution in [0.3, 0.4) is 0 Å². The van der Waals surface area contributed by atoms with Crippen molar-refractivity contribution in [2.45, 2.75) is 90.6 Å². The van der Waals surface area contributed by atoms with Crippen LogP contribution in [0.25, 0.3) is 0 Å². The maximum atomic E-state index is 13.6. The summed E-state index contributed by atoms with van der Waals surface area (Å²) in [5.74, 6) is -1.78. The summed E-state index contributed by atoms with van der Waals surface area (Å²) in [6.07, 6.45) is -0.551. The van der Waals surface area contributed by atoms with Crippen LogP contribution in [0.15, 0.2) is 65.7 Å². The van der Waals surface area contributed by atoms with Gasteiger partial charge in [0.15, 0.2) is 5.96 Å². The first kappa shape index (κ1) is 39.5. The first-order chi connectivity index (χ1) is 22.8. The van der Waals surface area contributed by atoms with Crippen molar-refractivity contribution in [3.05, 3.63) is 71.8 Å². The van der Waals surface area contributed by atoms with Crippen molar-refractivity contribution in [3.8, 4) is 0 Å². The van der Waals surface area contributed by atoms with Crippen LogP contribution in [0.5, 0.6) is 0 Å². The van der Waals surface area contributed by atoms with E-state index in [0.29, 0.717) is 25.8 Å². The molecule has 0 aromatic heterocycles. The molecule has 0 saturated heterocycles. The van der Waals surface area contributed by atoms with Crippen LogP contribution in [0.2, 0.25) is 0 Å². The number of amides is 4. The summed E-state index contributed by atoms with van der Waals surface area (Å²) in [5.41, 5.74) is 12.7. The molecule has 0 bridgehead atoms. The molecule has 0 aliphatic heterocycles. The normalized spacial score (nSPS) is 13.5. The van der Waals surface area contributed by atoms with Crippen LogP contribution in [-0.2, 0) is 32.1 Å². The summed E-state index contributed by atoms with van der Waals surface area (Å²) in [7, 11) is 0. The minimum atomic E-state index is -1.15. The van der Waals surface area contributed by atoms with Crippen molar-refractivity contribution in [2.24, 2.45) is 28.3 Å². The molecule has 2 rings (SSSR count). The predicted molar refractivity (Wildman–Crippen MR) is 185 cm³/mol. The lowest BCUT2D eigenvalue weighted by atomic mass is 9.95. The van der Waals surface area contributed by atoms with E-state index >= 15 is 0 Å². The first-order valence-corrected chi connectivity index (χ1v) is 16.5. The predicted octanol–water partition coefficient (Wildman–Crippen LogP) is 2.12. The van der Waals surface area contributed by atoms with Crippen LogP contribution < -0.4 is 32.7 Å². The van der Waals surface area contributed by atoms with Crippen LogP contribution >= 0.6 is 0 Å². The van der Waals surface area contributed by atoms with Crippen LogP contribution in [0.4, 0.5) is 4.79 Å². The second-order valence-electron chi connectivity index (χ2n) is 12.5. The number of nitrogens with one attached hydrogen (secondary N) is 4. The highest BCUT2D eigenvalue weighted by atomic mass is 16.5. The lowest BCUT2D eigenvalue weighted by molar-refractivity contribution is -0.132. The number of alkyl carbamates (subject to hydrolysis) is 1. The largest absolute Gasteiger partial charge is 0.445 e. The van der Waals surface area contributed by atoms with Gasteiger partial charge in [-0.1, -0.05) is 88.4 Å². The van der Waals surface area contributed by atoms with E-state index < -0.39 is 42.1 Å². The molecular weight excluding hydrogens is 614 g/mol. The standard InChI is InChI=1S/C35H53N7O6/c1-23(2)20-28(29(43)21-30(44)38-19-17-25-12-7-5-8-13-25)40-33(46)31(24(3)4)42-32(45)27(16-11-18-39-34(36)37)41-35(47)48-22-26-14-9-6-10-15-26/h5-10,12-15,23-24,27-29,31,43H,11,16-22H2,1-4H3,(H,38,44)(H,40,46)(H,41,47)(H,42,45)(H4,36,37,39)/t27-,28-,29-,31-/m0/s1. The quantitative estimate of drug-likeness (QED) is 0.0630. The molecule has 0 heterocycles. The number of nitrogens with zero attached hydrogens (tertiary/aromatic N) is 1. The summed E-state index contributed by atoms with van der Waals surface area (Å²) in [5, 5.41) is 22.1. The number of hydrogen-bond acceptors (Lipinski definition) is 7. The Morgan fingerprint density at radius 1 is 0.854 bits per heavy atom. The molecule has 13 nitrogen and oxygen atoms in total. The summed E-state index contributed by atoms with van der Waals surface area (Å²) in [6, 6.07) is 16.0. The van der Waals surface area contributed by atoms with Crippen LogP contribution in [-0.4, -0.2) is 72.2 Å². The molecule has 48 heavy (non-hydrogen) atoms. The maximum absolute atomic E-state index is 13.6. The molecule has 4 amide bonds. The van der Waals surface area contributed by atoms with Crippen molar-refractivity contribution < 1.29 is 29.0 Å². The highest BCUT2D eigenvalue weighted by molar-refractivity contribution is 5.91. The third kappa shape index (κ3) is 15.8. The van der Waals surface area contributed by atoms with E-state index in [1.54, 1.807) is 26.0 Å². The van der Waals surface area contributed by atoms with Gasteiger partial charge in [0.25, 0.3) is 0 Å². The zero-order valence-electron chi connectivity index (χ0n) is 28.5. The molecule has 0 spiro atoms. The molecule has 0 radical (unpaired) electrons. The molecule has 2 aromatic rings. The number of rotatable bonds is 20. The third-order valence-electron chi connectivity index (χ3n) is 7.50. The van der Waals surface area contributed by atoms with Crippen molar-refractivity contribution >= 4 is 29.8 Å². The van der Waals surface area contributed by atoms with Crippen LogP contribution in [0.1, 0.15) is 64.5 Å². The van der Waals surface area contributed by atoms with Gasteiger partial charge >= 0.3 is 6.09 Å². The van der Waals surface area contributed by atoms with Gasteiger partial charge in [0, 0.05) is 13.1 Å². The van der Waals surface area contributed by atoms with Gasteiger partial charge in [-0.25, -0.2) is 4.79 Å². The molecule has 4 atom stereocenters. The number of aliphatic hydroxyl groups excluding tert-OH is 1. The fourth-order valence-corrected chi connectivity index (χ4v) is 4.96. The number of guanidine groups is 1. The average molecular weight is 668 g/mol. The Balaban J connectivity index is 2.05. The SMILES string of the molecule is CC(C)C[C@H](NC(=O)[C@@H](NC(=O)[C@H](CCCN=C(N)N)NC(=O)OCc1ccccc1)C(C)C)[C@@H](O)CC(=O)NCCc1ccccc1. The van der Waals surface area contributed by atoms with Crippen molar-refractivity contribution in [1.29, 1.82) is 0 Å². The number of ether oxygens (including phenoxy) is 1. The second-order valence-corrected chi connectivity index (χ2v) is 12.5. The number of aliphatic imine (C=N–C) groups is 1. The summed E-state index contributed by atoms with van der Waals surface area (Å²) < 4.78 is 5.31.